The molecule has 1 aliphatic rings. The highest BCUT2D eigenvalue weighted by atomic mass is 32.1. The number of nitrogens with one attached hydrogen (secondary N) is 1. The SMILES string of the molecule is CN1CCC(n2c(-c3ccncc3)n[nH]c2=S)C1=O. The van der Waals surface area contributed by atoms with Gasteiger partial charge in [-0.05, 0) is 30.8 Å². The van der Waals surface area contributed by atoms with Gasteiger partial charge in [-0.25, -0.2) is 0 Å². The van der Waals surface area contributed by atoms with Crippen molar-refractivity contribution in [2.24, 2.45) is 0 Å². The van der Waals surface area contributed by atoms with Gasteiger partial charge < -0.3 is 4.90 Å². The number of hydrogen-bond acceptors (Lipinski definition) is 4. The highest BCUT2D eigenvalue weighted by Crippen LogP contribution is 2.27. The summed E-state index contributed by atoms with van der Waals surface area (Å²) >= 11 is 5.26. The van der Waals surface area contributed by atoms with Crippen molar-refractivity contribution < 1.29 is 4.79 Å². The predicted molar refractivity (Wildman–Crippen MR) is 71.9 cm³/mol. The summed E-state index contributed by atoms with van der Waals surface area (Å²) in [4.78, 5) is 17.8. The van der Waals surface area contributed by atoms with Gasteiger partial charge in [0.25, 0.3) is 0 Å². The zero-order chi connectivity index (χ0) is 13.4. The van der Waals surface area contributed by atoms with E-state index in [9.17, 15) is 4.79 Å². The fraction of sp³-hybridized carbons (Fsp3) is 0.333. The zero-order valence-corrected chi connectivity index (χ0v) is 11.2. The van der Waals surface area contributed by atoms with Crippen LogP contribution in [-0.2, 0) is 4.79 Å². The molecule has 1 saturated heterocycles. The summed E-state index contributed by atoms with van der Waals surface area (Å²) in [7, 11) is 1.80. The molecule has 1 aliphatic heterocycles. The van der Waals surface area contributed by atoms with Crippen LogP contribution in [0, 0.1) is 4.77 Å². The lowest BCUT2D eigenvalue weighted by atomic mass is 10.2. The van der Waals surface area contributed by atoms with E-state index in [2.05, 4.69) is 15.2 Å². The monoisotopic (exact) mass is 275 g/mol. The molecule has 1 atom stereocenters. The van der Waals surface area contributed by atoms with Crippen LogP contribution < -0.4 is 0 Å². The van der Waals surface area contributed by atoms with Crippen molar-refractivity contribution in [3.8, 4) is 11.4 Å². The third kappa shape index (κ3) is 1.95. The molecule has 0 saturated carbocycles. The number of carbonyl (C=O) groups is 1. The Labute approximate surface area is 115 Å². The summed E-state index contributed by atoms with van der Waals surface area (Å²) in [6, 6.07) is 3.44. The lowest BCUT2D eigenvalue weighted by Crippen LogP contribution is -2.25. The molecule has 1 amide bonds. The van der Waals surface area contributed by atoms with Crippen LogP contribution >= 0.6 is 12.2 Å². The van der Waals surface area contributed by atoms with Gasteiger partial charge in [0.05, 0.1) is 0 Å². The first-order valence-corrected chi connectivity index (χ1v) is 6.41. The van der Waals surface area contributed by atoms with E-state index < -0.39 is 0 Å². The Balaban J connectivity index is 2.10. The lowest BCUT2D eigenvalue weighted by molar-refractivity contribution is -0.129. The summed E-state index contributed by atoms with van der Waals surface area (Å²) in [6.45, 7) is 0.742. The minimum absolute atomic E-state index is 0.0767. The summed E-state index contributed by atoms with van der Waals surface area (Å²) in [6.07, 6.45) is 4.14. The third-order valence-corrected chi connectivity index (χ3v) is 3.64. The molecule has 1 fully saturated rings. The fourth-order valence-electron chi connectivity index (χ4n) is 2.34. The number of aromatic nitrogens is 4. The molecular formula is C12H13N5OS. The molecule has 3 heterocycles. The Morgan fingerprint density at radius 3 is 2.79 bits per heavy atom. The second-order valence-corrected chi connectivity index (χ2v) is 4.91. The smallest absolute Gasteiger partial charge is 0.245 e. The standard InChI is InChI=1S/C12H13N5OS/c1-16-7-4-9(11(16)18)17-10(14-15-12(17)19)8-2-5-13-6-3-8/h2-3,5-6,9H,4,7H2,1H3,(H,15,19). The van der Waals surface area contributed by atoms with Crippen LogP contribution in [0.2, 0.25) is 0 Å². The first kappa shape index (κ1) is 12.0. The topological polar surface area (TPSA) is 66.8 Å². The first-order chi connectivity index (χ1) is 9.18. The molecule has 2 aromatic rings. The van der Waals surface area contributed by atoms with E-state index >= 15 is 0 Å². The highest BCUT2D eigenvalue weighted by Gasteiger charge is 2.32. The van der Waals surface area contributed by atoms with Crippen LogP contribution in [0.15, 0.2) is 24.5 Å². The van der Waals surface area contributed by atoms with Crippen molar-refractivity contribution in [2.75, 3.05) is 13.6 Å². The van der Waals surface area contributed by atoms with Crippen LogP contribution in [0.3, 0.4) is 0 Å². The molecule has 19 heavy (non-hydrogen) atoms. The molecule has 3 rings (SSSR count). The minimum Gasteiger partial charge on any atom is -0.344 e. The molecule has 0 spiro atoms. The van der Waals surface area contributed by atoms with E-state index in [0.29, 0.717) is 10.6 Å². The molecular weight excluding hydrogens is 262 g/mol. The zero-order valence-electron chi connectivity index (χ0n) is 10.4. The molecule has 1 N–H and O–H groups in total. The van der Waals surface area contributed by atoms with Crippen LogP contribution in [0.5, 0.6) is 0 Å². The number of pyridine rings is 1. The highest BCUT2D eigenvalue weighted by molar-refractivity contribution is 7.71. The molecule has 0 aromatic carbocycles. The van der Waals surface area contributed by atoms with Crippen molar-refractivity contribution >= 4 is 18.1 Å². The lowest BCUT2D eigenvalue weighted by Gasteiger charge is -2.13. The Morgan fingerprint density at radius 1 is 1.42 bits per heavy atom. The van der Waals surface area contributed by atoms with Crippen molar-refractivity contribution in [2.45, 2.75) is 12.5 Å². The Bertz CT molecular complexity index is 662. The molecule has 6 nitrogen and oxygen atoms in total. The molecule has 0 bridgehead atoms. The van der Waals surface area contributed by atoms with Crippen LogP contribution in [0.1, 0.15) is 12.5 Å². The predicted octanol–water partition coefficient (Wildman–Crippen LogP) is 1.41. The van der Waals surface area contributed by atoms with Gasteiger partial charge >= 0.3 is 0 Å². The van der Waals surface area contributed by atoms with Crippen LogP contribution in [0.4, 0.5) is 0 Å². The Morgan fingerprint density at radius 2 is 2.16 bits per heavy atom. The third-order valence-electron chi connectivity index (χ3n) is 3.35. The van der Waals surface area contributed by atoms with Gasteiger partial charge in [0, 0.05) is 31.5 Å². The largest absolute Gasteiger partial charge is 0.344 e. The number of rotatable bonds is 2. The number of likely N-dealkylation sites (tertiary alicyclic amines) is 1. The Kier molecular flexibility index (Phi) is 2.90. The molecule has 98 valence electrons. The maximum absolute atomic E-state index is 12.1. The second-order valence-electron chi connectivity index (χ2n) is 4.52. The van der Waals surface area contributed by atoms with Crippen LogP contribution in [-0.4, -0.2) is 44.1 Å². The quantitative estimate of drug-likeness (QED) is 0.841. The normalized spacial score (nSPS) is 19.1. The molecule has 7 heteroatoms. The summed E-state index contributed by atoms with van der Waals surface area (Å²) in [5, 5.41) is 7.01. The number of H-pyrrole nitrogens is 1. The fourth-order valence-corrected chi connectivity index (χ4v) is 2.60. The number of nitrogens with zero attached hydrogens (tertiary/aromatic N) is 4. The van der Waals surface area contributed by atoms with E-state index in [-0.39, 0.29) is 11.9 Å². The maximum Gasteiger partial charge on any atom is 0.245 e. The number of likely N-dealkylation sites (N-methyl/N-ethyl adjacent to an activating group) is 1. The molecule has 2 aromatic heterocycles. The van der Waals surface area contributed by atoms with Gasteiger partial charge in [-0.3, -0.25) is 19.4 Å². The van der Waals surface area contributed by atoms with Crippen molar-refractivity contribution in [1.29, 1.82) is 0 Å². The van der Waals surface area contributed by atoms with Gasteiger partial charge in [-0.15, -0.1) is 0 Å². The molecule has 0 aliphatic carbocycles. The van der Waals surface area contributed by atoms with Crippen molar-refractivity contribution in [3.05, 3.63) is 29.3 Å². The van der Waals surface area contributed by atoms with Gasteiger partial charge in [-0.2, -0.15) is 5.10 Å². The van der Waals surface area contributed by atoms with E-state index in [1.165, 1.54) is 0 Å². The maximum atomic E-state index is 12.1. The van der Waals surface area contributed by atoms with Crippen LogP contribution in [0.25, 0.3) is 11.4 Å². The van der Waals surface area contributed by atoms with Crippen molar-refractivity contribution in [3.63, 3.8) is 0 Å². The molecule has 0 radical (unpaired) electrons. The average molecular weight is 275 g/mol. The summed E-state index contributed by atoms with van der Waals surface area (Å²) in [5.41, 5.74) is 0.893. The van der Waals surface area contributed by atoms with E-state index in [1.54, 1.807) is 28.9 Å². The van der Waals surface area contributed by atoms with E-state index in [4.69, 9.17) is 12.2 Å². The summed E-state index contributed by atoms with van der Waals surface area (Å²) < 4.78 is 2.27. The van der Waals surface area contributed by atoms with E-state index in [1.807, 2.05) is 12.1 Å². The minimum atomic E-state index is -0.264. The van der Waals surface area contributed by atoms with Gasteiger partial charge in [-0.1, -0.05) is 0 Å². The van der Waals surface area contributed by atoms with Gasteiger partial charge in [0.1, 0.15) is 6.04 Å². The van der Waals surface area contributed by atoms with Gasteiger partial charge in [0.2, 0.25) is 5.91 Å². The number of amides is 1. The van der Waals surface area contributed by atoms with E-state index in [0.717, 1.165) is 18.5 Å². The second kappa shape index (κ2) is 4.58. The summed E-state index contributed by atoms with van der Waals surface area (Å²) in [5.74, 6) is 0.758. The number of hydrogen-bond donors (Lipinski definition) is 1. The Hall–Kier alpha value is -2.02. The number of aromatic amines is 1. The number of carbonyl (C=O) groups excluding carboxylic acids is 1. The average Bonchev–Trinajstić information content (AvgIpc) is 2.95. The van der Waals surface area contributed by atoms with Crippen molar-refractivity contribution in [1.82, 2.24) is 24.6 Å². The molecule has 1 unspecified atom stereocenters. The first-order valence-electron chi connectivity index (χ1n) is 6.01. The van der Waals surface area contributed by atoms with Gasteiger partial charge in [0.15, 0.2) is 10.6 Å².